The lowest BCUT2D eigenvalue weighted by Crippen LogP contribution is -2.27. The summed E-state index contributed by atoms with van der Waals surface area (Å²) in [6.07, 6.45) is 5.46. The SMILES string of the molecule is COC(=O)C12C=CC(C)=CC1O2. The van der Waals surface area contributed by atoms with Gasteiger partial charge in [0.25, 0.3) is 0 Å². The molecule has 0 spiro atoms. The molecule has 1 aliphatic carbocycles. The molecular formula is C9H10O3. The molecule has 64 valence electrons. The van der Waals surface area contributed by atoms with E-state index in [0.29, 0.717) is 0 Å². The van der Waals surface area contributed by atoms with Gasteiger partial charge in [-0.25, -0.2) is 4.79 Å². The lowest BCUT2D eigenvalue weighted by Gasteiger charge is -2.07. The highest BCUT2D eigenvalue weighted by Gasteiger charge is 2.61. The van der Waals surface area contributed by atoms with Gasteiger partial charge in [0.05, 0.1) is 7.11 Å². The van der Waals surface area contributed by atoms with Gasteiger partial charge < -0.3 is 9.47 Å². The number of ether oxygens (including phenoxy) is 2. The second kappa shape index (κ2) is 2.20. The maximum Gasteiger partial charge on any atom is 0.345 e. The topological polar surface area (TPSA) is 38.8 Å². The second-order valence-corrected chi connectivity index (χ2v) is 3.07. The van der Waals surface area contributed by atoms with Gasteiger partial charge >= 0.3 is 5.97 Å². The first-order chi connectivity index (χ1) is 5.69. The fraction of sp³-hybridized carbons (Fsp3) is 0.444. The standard InChI is InChI=1S/C9H10O3/c1-6-3-4-9(8(10)11-2)7(5-6)12-9/h3-5,7H,1-2H3. The third kappa shape index (κ3) is 0.830. The average molecular weight is 166 g/mol. The minimum atomic E-state index is -0.783. The highest BCUT2D eigenvalue weighted by Crippen LogP contribution is 2.43. The number of allylic oxidation sites excluding steroid dienone is 2. The van der Waals surface area contributed by atoms with Crippen molar-refractivity contribution < 1.29 is 14.3 Å². The molecule has 1 saturated heterocycles. The van der Waals surface area contributed by atoms with Crippen LogP contribution < -0.4 is 0 Å². The van der Waals surface area contributed by atoms with E-state index in [9.17, 15) is 4.79 Å². The lowest BCUT2D eigenvalue weighted by molar-refractivity contribution is -0.144. The molecule has 0 aromatic carbocycles. The van der Waals surface area contributed by atoms with Crippen LogP contribution in [0.25, 0.3) is 0 Å². The van der Waals surface area contributed by atoms with Crippen LogP contribution in [0.4, 0.5) is 0 Å². The van der Waals surface area contributed by atoms with E-state index in [-0.39, 0.29) is 12.1 Å². The molecule has 12 heavy (non-hydrogen) atoms. The Kier molecular flexibility index (Phi) is 1.38. The van der Waals surface area contributed by atoms with Crippen molar-refractivity contribution in [2.75, 3.05) is 7.11 Å². The summed E-state index contributed by atoms with van der Waals surface area (Å²) < 4.78 is 9.88. The number of methoxy groups -OCH3 is 1. The number of carbonyl (C=O) groups is 1. The number of hydrogen-bond donors (Lipinski definition) is 0. The zero-order valence-corrected chi connectivity index (χ0v) is 7.03. The molecule has 0 amide bonds. The van der Waals surface area contributed by atoms with Crippen LogP contribution in [0.5, 0.6) is 0 Å². The number of hydrogen-bond acceptors (Lipinski definition) is 3. The molecule has 1 heterocycles. The summed E-state index contributed by atoms with van der Waals surface area (Å²) in [5.74, 6) is -0.312. The van der Waals surface area contributed by atoms with Gasteiger partial charge in [-0.15, -0.1) is 0 Å². The van der Waals surface area contributed by atoms with Crippen molar-refractivity contribution in [3.63, 3.8) is 0 Å². The number of rotatable bonds is 1. The predicted molar refractivity (Wildman–Crippen MR) is 42.5 cm³/mol. The van der Waals surface area contributed by atoms with E-state index in [0.717, 1.165) is 5.57 Å². The highest BCUT2D eigenvalue weighted by atomic mass is 16.7. The third-order valence-electron chi connectivity index (χ3n) is 2.20. The number of esters is 1. The first-order valence-electron chi connectivity index (χ1n) is 3.83. The van der Waals surface area contributed by atoms with Crippen LogP contribution >= 0.6 is 0 Å². The first-order valence-corrected chi connectivity index (χ1v) is 3.83. The summed E-state index contributed by atoms with van der Waals surface area (Å²) in [4.78, 5) is 11.2. The van der Waals surface area contributed by atoms with Gasteiger partial charge in [-0.3, -0.25) is 0 Å². The minimum absolute atomic E-state index is 0.102. The van der Waals surface area contributed by atoms with Gasteiger partial charge in [-0.05, 0) is 19.1 Å². The van der Waals surface area contributed by atoms with Crippen LogP contribution in [0.2, 0.25) is 0 Å². The molecule has 0 radical (unpaired) electrons. The Morgan fingerprint density at radius 2 is 2.50 bits per heavy atom. The van der Waals surface area contributed by atoms with Crippen molar-refractivity contribution in [1.82, 2.24) is 0 Å². The van der Waals surface area contributed by atoms with Crippen molar-refractivity contribution >= 4 is 5.97 Å². The summed E-state index contributed by atoms with van der Waals surface area (Å²) in [6, 6.07) is 0. The normalized spacial score (nSPS) is 36.8. The van der Waals surface area contributed by atoms with Crippen LogP contribution in [0, 0.1) is 0 Å². The fourth-order valence-electron chi connectivity index (χ4n) is 1.41. The highest BCUT2D eigenvalue weighted by molar-refractivity contribution is 5.87. The van der Waals surface area contributed by atoms with Crippen LogP contribution in [-0.2, 0) is 14.3 Å². The Labute approximate surface area is 70.7 Å². The van der Waals surface area contributed by atoms with Crippen molar-refractivity contribution in [3.05, 3.63) is 23.8 Å². The quantitative estimate of drug-likeness (QED) is 0.427. The first kappa shape index (κ1) is 7.55. The number of epoxide rings is 1. The predicted octanol–water partition coefficient (Wildman–Crippen LogP) is 0.813. The van der Waals surface area contributed by atoms with Gasteiger partial charge in [0.2, 0.25) is 5.60 Å². The van der Waals surface area contributed by atoms with Crippen molar-refractivity contribution in [2.45, 2.75) is 18.6 Å². The molecule has 2 unspecified atom stereocenters. The molecule has 1 aliphatic heterocycles. The summed E-state index contributed by atoms with van der Waals surface area (Å²) in [5.41, 5.74) is 0.339. The molecule has 2 atom stereocenters. The molecule has 0 bridgehead atoms. The van der Waals surface area contributed by atoms with E-state index in [1.165, 1.54) is 7.11 Å². The van der Waals surface area contributed by atoms with Crippen molar-refractivity contribution in [2.24, 2.45) is 0 Å². The largest absolute Gasteiger partial charge is 0.467 e. The van der Waals surface area contributed by atoms with Crippen LogP contribution in [0.15, 0.2) is 23.8 Å². The van der Waals surface area contributed by atoms with Gasteiger partial charge in [0.15, 0.2) is 0 Å². The van der Waals surface area contributed by atoms with Gasteiger partial charge in [0, 0.05) is 0 Å². The van der Waals surface area contributed by atoms with Gasteiger partial charge in [0.1, 0.15) is 6.10 Å². The molecule has 2 rings (SSSR count). The number of fused-ring (bicyclic) bond motifs is 1. The van der Waals surface area contributed by atoms with Gasteiger partial charge in [-0.1, -0.05) is 11.6 Å². The van der Waals surface area contributed by atoms with E-state index < -0.39 is 5.60 Å². The van der Waals surface area contributed by atoms with Gasteiger partial charge in [-0.2, -0.15) is 0 Å². The molecule has 3 nitrogen and oxygen atoms in total. The Hall–Kier alpha value is -1.09. The van der Waals surface area contributed by atoms with Crippen molar-refractivity contribution in [1.29, 1.82) is 0 Å². The summed E-state index contributed by atoms with van der Waals surface area (Å²) in [6.45, 7) is 1.97. The maximum atomic E-state index is 11.2. The average Bonchev–Trinajstić information content (AvgIpc) is 2.78. The Morgan fingerprint density at radius 1 is 1.75 bits per heavy atom. The van der Waals surface area contributed by atoms with E-state index in [4.69, 9.17) is 4.74 Å². The molecule has 1 fully saturated rings. The fourth-order valence-corrected chi connectivity index (χ4v) is 1.41. The van der Waals surface area contributed by atoms with Crippen LogP contribution in [0.3, 0.4) is 0 Å². The molecule has 2 aliphatic rings. The maximum absolute atomic E-state index is 11.2. The Morgan fingerprint density at radius 3 is 3.08 bits per heavy atom. The molecule has 0 aromatic heterocycles. The Balaban J connectivity index is 2.22. The zero-order valence-electron chi connectivity index (χ0n) is 7.03. The van der Waals surface area contributed by atoms with Crippen LogP contribution in [-0.4, -0.2) is 24.8 Å². The minimum Gasteiger partial charge on any atom is -0.467 e. The summed E-state index contributed by atoms with van der Waals surface area (Å²) in [5, 5.41) is 0. The van der Waals surface area contributed by atoms with Crippen molar-refractivity contribution in [3.8, 4) is 0 Å². The molecular weight excluding hydrogens is 156 g/mol. The monoisotopic (exact) mass is 166 g/mol. The third-order valence-corrected chi connectivity index (χ3v) is 2.20. The molecule has 3 heteroatoms. The van der Waals surface area contributed by atoms with E-state index in [1.54, 1.807) is 6.08 Å². The summed E-state index contributed by atoms with van der Waals surface area (Å²) >= 11 is 0. The van der Waals surface area contributed by atoms with E-state index in [2.05, 4.69) is 4.74 Å². The van der Waals surface area contributed by atoms with E-state index >= 15 is 0 Å². The molecule has 0 saturated carbocycles. The second-order valence-electron chi connectivity index (χ2n) is 3.07. The zero-order chi connectivity index (χ0) is 8.77. The molecule has 0 N–H and O–H groups in total. The van der Waals surface area contributed by atoms with E-state index in [1.807, 2.05) is 19.1 Å². The number of carbonyl (C=O) groups excluding carboxylic acids is 1. The van der Waals surface area contributed by atoms with Crippen LogP contribution in [0.1, 0.15) is 6.92 Å². The lowest BCUT2D eigenvalue weighted by atomic mass is 9.97. The summed E-state index contributed by atoms with van der Waals surface area (Å²) in [7, 11) is 1.37. The Bertz CT molecular complexity index is 290. The smallest absolute Gasteiger partial charge is 0.345 e. The molecule has 0 aromatic rings.